The van der Waals surface area contributed by atoms with E-state index in [1.165, 1.54) is 0 Å². The zero-order valence-corrected chi connectivity index (χ0v) is 8.86. The van der Waals surface area contributed by atoms with E-state index < -0.39 is 0 Å². The van der Waals surface area contributed by atoms with Crippen LogP contribution in [-0.4, -0.2) is 24.0 Å². The summed E-state index contributed by atoms with van der Waals surface area (Å²) in [6.07, 6.45) is 4.08. The summed E-state index contributed by atoms with van der Waals surface area (Å²) < 4.78 is 10.9. The van der Waals surface area contributed by atoms with E-state index >= 15 is 0 Å². The molecule has 0 aliphatic carbocycles. The second kappa shape index (κ2) is 4.57. The Labute approximate surface area is 88.6 Å². The molecule has 1 aliphatic rings. The van der Waals surface area contributed by atoms with Crippen LogP contribution >= 0.6 is 0 Å². The molecular weight excluding hydrogens is 194 g/mol. The second-order valence-corrected chi connectivity index (χ2v) is 3.96. The number of Topliss-reactive ketones (excluding diaryl/α,β-unsaturated/α-hetero) is 1. The maximum atomic E-state index is 10.9. The van der Waals surface area contributed by atoms with Crippen LogP contribution in [0.25, 0.3) is 0 Å². The monoisotopic (exact) mass is 209 g/mol. The molecule has 0 saturated carbocycles. The maximum absolute atomic E-state index is 10.9. The summed E-state index contributed by atoms with van der Waals surface area (Å²) in [5.74, 6) is 1.73. The number of ketones is 1. The summed E-state index contributed by atoms with van der Waals surface area (Å²) in [7, 11) is 0. The summed E-state index contributed by atoms with van der Waals surface area (Å²) in [6.45, 7) is 3.06. The lowest BCUT2D eigenvalue weighted by atomic mass is 10.0. The fourth-order valence-electron chi connectivity index (χ4n) is 1.77. The molecule has 1 aromatic rings. The molecule has 1 aliphatic heterocycles. The molecule has 1 fully saturated rings. The first-order valence-corrected chi connectivity index (χ1v) is 5.27. The van der Waals surface area contributed by atoms with Crippen LogP contribution in [-0.2, 0) is 16.0 Å². The third kappa shape index (κ3) is 2.65. The molecule has 2 rings (SSSR count). The Morgan fingerprint density at radius 1 is 1.67 bits per heavy atom. The van der Waals surface area contributed by atoms with Gasteiger partial charge in [0.05, 0.1) is 25.1 Å². The van der Waals surface area contributed by atoms with Crippen molar-refractivity contribution in [3.8, 4) is 0 Å². The van der Waals surface area contributed by atoms with E-state index in [1.807, 2.05) is 0 Å². The number of hydrogen-bond acceptors (Lipinski definition) is 4. The quantitative estimate of drug-likeness (QED) is 0.760. The van der Waals surface area contributed by atoms with E-state index in [9.17, 15) is 4.79 Å². The predicted molar refractivity (Wildman–Crippen MR) is 53.7 cm³/mol. The number of rotatable bonds is 3. The van der Waals surface area contributed by atoms with E-state index in [4.69, 9.17) is 9.15 Å². The highest BCUT2D eigenvalue weighted by molar-refractivity contribution is 5.77. The van der Waals surface area contributed by atoms with Gasteiger partial charge < -0.3 is 9.15 Å². The highest BCUT2D eigenvalue weighted by Gasteiger charge is 2.21. The molecule has 82 valence electrons. The van der Waals surface area contributed by atoms with E-state index in [0.717, 1.165) is 19.4 Å². The van der Waals surface area contributed by atoms with E-state index in [0.29, 0.717) is 24.7 Å². The van der Waals surface area contributed by atoms with Crippen LogP contribution in [0.1, 0.15) is 37.3 Å². The topological polar surface area (TPSA) is 52.3 Å². The SMILES string of the molecule is CC(=O)Cc1cnc(C2CCCOC2)o1. The Balaban J connectivity index is 2.02. The van der Waals surface area contributed by atoms with Gasteiger partial charge in [0.25, 0.3) is 0 Å². The molecule has 1 saturated heterocycles. The summed E-state index contributed by atoms with van der Waals surface area (Å²) in [6, 6.07) is 0. The highest BCUT2D eigenvalue weighted by Crippen LogP contribution is 2.24. The first-order valence-electron chi connectivity index (χ1n) is 5.27. The standard InChI is InChI=1S/C11H15NO3/c1-8(13)5-10-6-12-11(15-10)9-3-2-4-14-7-9/h6,9H,2-5,7H2,1H3. The van der Waals surface area contributed by atoms with Gasteiger partial charge in [-0.3, -0.25) is 4.79 Å². The van der Waals surface area contributed by atoms with Gasteiger partial charge in [-0.05, 0) is 19.8 Å². The Morgan fingerprint density at radius 2 is 2.53 bits per heavy atom. The number of aromatic nitrogens is 1. The van der Waals surface area contributed by atoms with Crippen molar-refractivity contribution in [2.45, 2.75) is 32.1 Å². The Hall–Kier alpha value is -1.16. The first kappa shape index (κ1) is 10.4. The molecule has 0 aromatic carbocycles. The molecule has 0 bridgehead atoms. The van der Waals surface area contributed by atoms with Crippen molar-refractivity contribution in [3.63, 3.8) is 0 Å². The predicted octanol–water partition coefficient (Wildman–Crippen LogP) is 1.70. The molecule has 0 amide bonds. The number of hydrogen-bond donors (Lipinski definition) is 0. The minimum atomic E-state index is 0.0950. The van der Waals surface area contributed by atoms with Crippen molar-refractivity contribution in [3.05, 3.63) is 17.8 Å². The lowest BCUT2D eigenvalue weighted by Crippen LogP contribution is -2.15. The zero-order valence-electron chi connectivity index (χ0n) is 8.86. The lowest BCUT2D eigenvalue weighted by Gasteiger charge is -2.18. The van der Waals surface area contributed by atoms with Crippen LogP contribution in [0.2, 0.25) is 0 Å². The summed E-state index contributed by atoms with van der Waals surface area (Å²) in [5.41, 5.74) is 0. The van der Waals surface area contributed by atoms with Crippen LogP contribution in [0.15, 0.2) is 10.6 Å². The summed E-state index contributed by atoms with van der Waals surface area (Å²) in [4.78, 5) is 15.1. The van der Waals surface area contributed by atoms with Crippen LogP contribution in [0.3, 0.4) is 0 Å². The Morgan fingerprint density at radius 3 is 3.20 bits per heavy atom. The largest absolute Gasteiger partial charge is 0.445 e. The highest BCUT2D eigenvalue weighted by atomic mass is 16.5. The number of ether oxygens (including phenoxy) is 1. The third-order valence-electron chi connectivity index (χ3n) is 2.50. The van der Waals surface area contributed by atoms with E-state index in [1.54, 1.807) is 13.1 Å². The first-order chi connectivity index (χ1) is 7.25. The summed E-state index contributed by atoms with van der Waals surface area (Å²) in [5, 5.41) is 0. The average molecular weight is 209 g/mol. The van der Waals surface area contributed by atoms with E-state index in [2.05, 4.69) is 4.98 Å². The third-order valence-corrected chi connectivity index (χ3v) is 2.50. The van der Waals surface area contributed by atoms with Crippen LogP contribution in [0.4, 0.5) is 0 Å². The normalized spacial score (nSPS) is 21.5. The minimum absolute atomic E-state index is 0.0950. The molecule has 1 atom stereocenters. The fraction of sp³-hybridized carbons (Fsp3) is 0.636. The molecule has 0 N–H and O–H groups in total. The van der Waals surface area contributed by atoms with Gasteiger partial charge in [-0.2, -0.15) is 0 Å². The molecule has 1 aromatic heterocycles. The van der Waals surface area contributed by atoms with Gasteiger partial charge in [-0.15, -0.1) is 0 Å². The van der Waals surface area contributed by atoms with Gasteiger partial charge in [-0.1, -0.05) is 0 Å². The van der Waals surface area contributed by atoms with Crippen molar-refractivity contribution in [2.24, 2.45) is 0 Å². The van der Waals surface area contributed by atoms with Gasteiger partial charge >= 0.3 is 0 Å². The van der Waals surface area contributed by atoms with Crippen LogP contribution in [0.5, 0.6) is 0 Å². The minimum Gasteiger partial charge on any atom is -0.445 e. The molecule has 15 heavy (non-hydrogen) atoms. The van der Waals surface area contributed by atoms with Crippen molar-refractivity contribution in [2.75, 3.05) is 13.2 Å². The molecule has 0 radical (unpaired) electrons. The van der Waals surface area contributed by atoms with Crippen molar-refractivity contribution in [1.29, 1.82) is 0 Å². The van der Waals surface area contributed by atoms with Crippen molar-refractivity contribution >= 4 is 5.78 Å². The second-order valence-electron chi connectivity index (χ2n) is 3.96. The van der Waals surface area contributed by atoms with Gasteiger partial charge in [0.1, 0.15) is 11.5 Å². The number of carbonyl (C=O) groups is 1. The van der Waals surface area contributed by atoms with Gasteiger partial charge in [-0.25, -0.2) is 4.98 Å². The fourth-order valence-corrected chi connectivity index (χ4v) is 1.77. The summed E-state index contributed by atoms with van der Waals surface area (Å²) >= 11 is 0. The molecule has 4 heteroatoms. The van der Waals surface area contributed by atoms with E-state index in [-0.39, 0.29) is 11.7 Å². The molecule has 0 spiro atoms. The molecule has 2 heterocycles. The number of oxazole rings is 1. The number of carbonyl (C=O) groups excluding carboxylic acids is 1. The molecular formula is C11H15NO3. The molecule has 1 unspecified atom stereocenters. The Kier molecular flexibility index (Phi) is 3.16. The van der Waals surface area contributed by atoms with Crippen LogP contribution < -0.4 is 0 Å². The number of nitrogens with zero attached hydrogens (tertiary/aromatic N) is 1. The average Bonchev–Trinajstić information content (AvgIpc) is 2.67. The van der Waals surface area contributed by atoms with Gasteiger partial charge in [0.15, 0.2) is 5.89 Å². The van der Waals surface area contributed by atoms with Gasteiger partial charge in [0, 0.05) is 6.61 Å². The van der Waals surface area contributed by atoms with Crippen molar-refractivity contribution in [1.82, 2.24) is 4.98 Å². The maximum Gasteiger partial charge on any atom is 0.199 e. The van der Waals surface area contributed by atoms with Crippen molar-refractivity contribution < 1.29 is 13.9 Å². The Bertz CT molecular complexity index is 339. The lowest BCUT2D eigenvalue weighted by molar-refractivity contribution is -0.116. The zero-order chi connectivity index (χ0) is 10.7. The van der Waals surface area contributed by atoms with Crippen LogP contribution in [0, 0.1) is 0 Å². The smallest absolute Gasteiger partial charge is 0.199 e. The van der Waals surface area contributed by atoms with Gasteiger partial charge in [0.2, 0.25) is 0 Å². The molecule has 4 nitrogen and oxygen atoms in total.